The summed E-state index contributed by atoms with van der Waals surface area (Å²) in [4.78, 5) is 0.263. The van der Waals surface area contributed by atoms with Crippen molar-refractivity contribution in [2.24, 2.45) is 16.1 Å². The van der Waals surface area contributed by atoms with Crippen LogP contribution in [0.3, 0.4) is 0 Å². The van der Waals surface area contributed by atoms with Gasteiger partial charge in [-0.3, -0.25) is 0 Å². The first-order valence-corrected chi connectivity index (χ1v) is 11.6. The Hall–Kier alpha value is -1.77. The van der Waals surface area contributed by atoms with Gasteiger partial charge in [0.25, 0.3) is 0 Å². The lowest BCUT2D eigenvalue weighted by Gasteiger charge is -2.29. The van der Waals surface area contributed by atoms with Gasteiger partial charge in [0.1, 0.15) is 5.69 Å². The molecule has 0 aliphatic carbocycles. The van der Waals surface area contributed by atoms with Crippen LogP contribution in [-0.2, 0) is 16.4 Å². The van der Waals surface area contributed by atoms with Crippen LogP contribution in [0.2, 0.25) is 0 Å². The van der Waals surface area contributed by atoms with Gasteiger partial charge in [0.2, 0.25) is 10.0 Å². The molecule has 0 aromatic heterocycles. The molecular weight excluding hydrogens is 442 g/mol. The van der Waals surface area contributed by atoms with Gasteiger partial charge in [-0.25, -0.2) is 8.42 Å². The van der Waals surface area contributed by atoms with Crippen molar-refractivity contribution in [2.75, 3.05) is 13.1 Å². The second-order valence-corrected chi connectivity index (χ2v) is 9.87. The number of nitrogens with zero attached hydrogens (tertiary/aromatic N) is 3. The largest absolute Gasteiger partial charge is 0.505 e. The van der Waals surface area contributed by atoms with Crippen molar-refractivity contribution in [2.45, 2.75) is 38.0 Å². The van der Waals surface area contributed by atoms with Crippen molar-refractivity contribution in [3.8, 4) is 5.75 Å². The normalized spacial score (nSPS) is 16.7. The molecule has 28 heavy (non-hydrogen) atoms. The van der Waals surface area contributed by atoms with E-state index in [9.17, 15) is 13.5 Å². The van der Waals surface area contributed by atoms with Crippen LogP contribution >= 0.6 is 15.9 Å². The molecular formula is C20H24BrN3O3S. The molecule has 6 nitrogen and oxygen atoms in total. The summed E-state index contributed by atoms with van der Waals surface area (Å²) < 4.78 is 27.7. The van der Waals surface area contributed by atoms with Gasteiger partial charge >= 0.3 is 0 Å². The highest BCUT2D eigenvalue weighted by Gasteiger charge is 2.27. The standard InChI is InChI=1S/C20H24BrN3O3S/c1-3-15-12-18(21)20(25)19(13-15)23-22-16-4-6-17(7-5-16)28(26,27)24-10-8-14(2)9-11-24/h4-7,12-14,25H,3,8-11H2,1-2H3. The quantitative estimate of drug-likeness (QED) is 0.587. The van der Waals surface area contributed by atoms with E-state index in [1.165, 1.54) is 0 Å². The van der Waals surface area contributed by atoms with Gasteiger partial charge in [-0.1, -0.05) is 13.8 Å². The molecule has 1 N–H and O–H groups in total. The number of aromatic hydroxyl groups is 1. The summed E-state index contributed by atoms with van der Waals surface area (Å²) in [6.45, 7) is 5.29. The lowest BCUT2D eigenvalue weighted by molar-refractivity contribution is 0.288. The van der Waals surface area contributed by atoms with Crippen molar-refractivity contribution in [1.82, 2.24) is 4.31 Å². The third-order valence-electron chi connectivity index (χ3n) is 5.00. The summed E-state index contributed by atoms with van der Waals surface area (Å²) in [5.41, 5.74) is 1.91. The van der Waals surface area contributed by atoms with E-state index in [2.05, 4.69) is 33.1 Å². The van der Waals surface area contributed by atoms with Crippen LogP contribution in [0.4, 0.5) is 11.4 Å². The van der Waals surface area contributed by atoms with E-state index in [4.69, 9.17) is 0 Å². The average molecular weight is 466 g/mol. The summed E-state index contributed by atoms with van der Waals surface area (Å²) in [7, 11) is -3.48. The Morgan fingerprint density at radius 3 is 2.39 bits per heavy atom. The van der Waals surface area contributed by atoms with Crippen molar-refractivity contribution in [3.63, 3.8) is 0 Å². The Balaban J connectivity index is 1.78. The van der Waals surface area contributed by atoms with E-state index in [0.29, 0.717) is 34.9 Å². The first kappa shape index (κ1) is 21.0. The van der Waals surface area contributed by atoms with Crippen LogP contribution in [0.1, 0.15) is 32.3 Å². The van der Waals surface area contributed by atoms with Crippen LogP contribution in [0.25, 0.3) is 0 Å². The molecule has 0 bridgehead atoms. The zero-order valence-corrected chi connectivity index (χ0v) is 18.4. The number of hydrogen-bond donors (Lipinski definition) is 1. The SMILES string of the molecule is CCc1cc(Br)c(O)c(N=Nc2ccc(S(=O)(=O)N3CCC(C)CC3)cc2)c1. The van der Waals surface area contributed by atoms with Crippen LogP contribution < -0.4 is 0 Å². The predicted octanol–water partition coefficient (Wildman–Crippen LogP) is 5.55. The minimum Gasteiger partial charge on any atom is -0.505 e. The molecule has 2 aromatic carbocycles. The minimum atomic E-state index is -3.48. The fraction of sp³-hybridized carbons (Fsp3) is 0.400. The molecule has 8 heteroatoms. The van der Waals surface area contributed by atoms with Gasteiger partial charge in [0.15, 0.2) is 5.75 Å². The highest BCUT2D eigenvalue weighted by molar-refractivity contribution is 9.10. The van der Waals surface area contributed by atoms with E-state index in [1.807, 2.05) is 13.0 Å². The summed E-state index contributed by atoms with van der Waals surface area (Å²) in [5, 5.41) is 18.4. The maximum absolute atomic E-state index is 12.8. The van der Waals surface area contributed by atoms with E-state index in [1.54, 1.807) is 34.6 Å². The molecule has 1 fully saturated rings. The van der Waals surface area contributed by atoms with Crippen LogP contribution in [0.15, 0.2) is 56.0 Å². The second kappa shape index (κ2) is 8.71. The third kappa shape index (κ3) is 4.61. The van der Waals surface area contributed by atoms with E-state index >= 15 is 0 Å². The summed E-state index contributed by atoms with van der Waals surface area (Å²) in [6.07, 6.45) is 2.59. The number of piperidine rings is 1. The number of sulfonamides is 1. The summed E-state index contributed by atoms with van der Waals surface area (Å²) in [5.74, 6) is 0.594. The van der Waals surface area contributed by atoms with Gasteiger partial charge < -0.3 is 5.11 Å². The van der Waals surface area contributed by atoms with E-state index < -0.39 is 10.0 Å². The number of phenolic OH excluding ortho intramolecular Hbond substituents is 1. The Labute approximate surface area is 174 Å². The Morgan fingerprint density at radius 1 is 1.14 bits per heavy atom. The topological polar surface area (TPSA) is 82.3 Å². The van der Waals surface area contributed by atoms with Crippen molar-refractivity contribution >= 4 is 37.3 Å². The van der Waals surface area contributed by atoms with Gasteiger partial charge in [-0.2, -0.15) is 9.42 Å². The average Bonchev–Trinajstić information content (AvgIpc) is 2.69. The maximum Gasteiger partial charge on any atom is 0.243 e. The zero-order valence-electron chi connectivity index (χ0n) is 16.0. The summed E-state index contributed by atoms with van der Waals surface area (Å²) >= 11 is 3.31. The molecule has 1 aliphatic heterocycles. The maximum atomic E-state index is 12.8. The zero-order chi connectivity index (χ0) is 20.3. The molecule has 0 radical (unpaired) electrons. The fourth-order valence-corrected chi connectivity index (χ4v) is 5.06. The second-order valence-electron chi connectivity index (χ2n) is 7.08. The van der Waals surface area contributed by atoms with Crippen LogP contribution in [0, 0.1) is 5.92 Å². The Bertz CT molecular complexity index is 967. The first-order chi connectivity index (χ1) is 13.3. The number of azo groups is 1. The molecule has 2 aromatic rings. The number of rotatable bonds is 5. The van der Waals surface area contributed by atoms with Gasteiger partial charge in [0.05, 0.1) is 15.1 Å². The van der Waals surface area contributed by atoms with Crippen molar-refractivity contribution in [3.05, 3.63) is 46.4 Å². The smallest absolute Gasteiger partial charge is 0.243 e. The molecule has 0 spiro atoms. The number of aryl methyl sites for hydroxylation is 1. The third-order valence-corrected chi connectivity index (χ3v) is 7.52. The fourth-order valence-electron chi connectivity index (χ4n) is 3.09. The number of halogens is 1. The monoisotopic (exact) mass is 465 g/mol. The minimum absolute atomic E-state index is 0.0273. The molecule has 0 atom stereocenters. The molecule has 1 heterocycles. The van der Waals surface area contributed by atoms with Gasteiger partial charge in [-0.15, -0.1) is 5.11 Å². The Kier molecular flexibility index (Phi) is 6.52. The van der Waals surface area contributed by atoms with Gasteiger partial charge in [-0.05, 0) is 83.1 Å². The highest BCUT2D eigenvalue weighted by atomic mass is 79.9. The van der Waals surface area contributed by atoms with Gasteiger partial charge in [0, 0.05) is 13.1 Å². The first-order valence-electron chi connectivity index (χ1n) is 9.34. The lowest BCUT2D eigenvalue weighted by Crippen LogP contribution is -2.37. The van der Waals surface area contributed by atoms with E-state index in [-0.39, 0.29) is 10.6 Å². The van der Waals surface area contributed by atoms with Crippen LogP contribution in [-0.4, -0.2) is 30.9 Å². The molecule has 0 unspecified atom stereocenters. The molecule has 1 saturated heterocycles. The van der Waals surface area contributed by atoms with Crippen molar-refractivity contribution < 1.29 is 13.5 Å². The molecule has 1 aliphatic rings. The summed E-state index contributed by atoms with van der Waals surface area (Å²) in [6, 6.07) is 9.98. The molecule has 3 rings (SSSR count). The number of benzene rings is 2. The molecule has 150 valence electrons. The number of phenols is 1. The molecule has 0 amide bonds. The predicted molar refractivity (Wildman–Crippen MR) is 113 cm³/mol. The molecule has 0 saturated carbocycles. The van der Waals surface area contributed by atoms with Crippen LogP contribution in [0.5, 0.6) is 5.75 Å². The van der Waals surface area contributed by atoms with E-state index in [0.717, 1.165) is 24.8 Å². The Morgan fingerprint density at radius 2 is 1.79 bits per heavy atom. The van der Waals surface area contributed by atoms with Crippen molar-refractivity contribution in [1.29, 1.82) is 0 Å². The number of hydrogen-bond acceptors (Lipinski definition) is 5. The lowest BCUT2D eigenvalue weighted by atomic mass is 10.0. The highest BCUT2D eigenvalue weighted by Crippen LogP contribution is 2.36.